The van der Waals surface area contributed by atoms with E-state index in [1.54, 1.807) is 17.9 Å². The molecule has 0 aromatic heterocycles. The van der Waals surface area contributed by atoms with Gasteiger partial charge in [-0.15, -0.1) is 0 Å². The minimum Gasteiger partial charge on any atom is -0.466 e. The molecule has 1 fully saturated rings. The number of amides is 2. The van der Waals surface area contributed by atoms with Gasteiger partial charge in [0.25, 0.3) is 17.4 Å². The number of carbonyl (C=O) groups excluding carboxylic acids is 2. The van der Waals surface area contributed by atoms with Crippen molar-refractivity contribution >= 4 is 17.5 Å². The fourth-order valence-electron chi connectivity index (χ4n) is 3.33. The van der Waals surface area contributed by atoms with Crippen LogP contribution in [0.4, 0.5) is 5.69 Å². The maximum atomic E-state index is 12.9. The molecular weight excluding hydrogens is 306 g/mol. The number of likely N-dealkylation sites (N-methyl/N-ethyl adjacent to an activating group) is 1. The van der Waals surface area contributed by atoms with E-state index in [1.807, 2.05) is 25.1 Å². The summed E-state index contributed by atoms with van der Waals surface area (Å²) < 4.78 is 5.87. The van der Waals surface area contributed by atoms with Gasteiger partial charge in [0, 0.05) is 12.6 Å². The molecule has 2 aliphatic heterocycles. The highest BCUT2D eigenvalue weighted by molar-refractivity contribution is 6.16. The molecule has 6 nitrogen and oxygen atoms in total. The molecule has 1 aromatic rings. The maximum absolute atomic E-state index is 12.9. The van der Waals surface area contributed by atoms with E-state index in [-0.39, 0.29) is 17.9 Å². The van der Waals surface area contributed by atoms with Gasteiger partial charge in [-0.3, -0.25) is 9.59 Å². The Morgan fingerprint density at radius 1 is 1.33 bits per heavy atom. The fourth-order valence-corrected chi connectivity index (χ4v) is 3.33. The van der Waals surface area contributed by atoms with E-state index in [2.05, 4.69) is 17.3 Å². The number of para-hydroxylation sites is 2. The summed E-state index contributed by atoms with van der Waals surface area (Å²) in [6, 6.07) is 7.43. The summed E-state index contributed by atoms with van der Waals surface area (Å²) in [5, 5.41) is 3.02. The van der Waals surface area contributed by atoms with E-state index in [0.29, 0.717) is 12.3 Å². The lowest BCUT2D eigenvalue weighted by Gasteiger charge is -2.40. The number of carbonyl (C=O) groups is 2. The molecule has 0 radical (unpaired) electrons. The molecule has 1 unspecified atom stereocenters. The Hall–Kier alpha value is -2.08. The highest BCUT2D eigenvalue weighted by Crippen LogP contribution is 2.37. The number of benzene rings is 1. The van der Waals surface area contributed by atoms with Gasteiger partial charge in [0.15, 0.2) is 0 Å². The number of ether oxygens (including phenoxy) is 1. The SMILES string of the molecule is CCN1C(=O)C(C)(C(=O)NC2CCN(C)CC2)Oc2ccccc21. The summed E-state index contributed by atoms with van der Waals surface area (Å²) in [5.41, 5.74) is -0.803. The molecule has 24 heavy (non-hydrogen) atoms. The molecule has 1 N–H and O–H groups in total. The lowest BCUT2D eigenvalue weighted by atomic mass is 9.98. The first-order valence-corrected chi connectivity index (χ1v) is 8.55. The first-order chi connectivity index (χ1) is 11.5. The third kappa shape index (κ3) is 2.86. The number of piperidine rings is 1. The number of nitrogens with zero attached hydrogens (tertiary/aromatic N) is 2. The largest absolute Gasteiger partial charge is 0.466 e. The van der Waals surface area contributed by atoms with Crippen molar-refractivity contribution in [2.75, 3.05) is 31.6 Å². The van der Waals surface area contributed by atoms with Crippen molar-refractivity contribution in [2.45, 2.75) is 38.3 Å². The average Bonchev–Trinajstić information content (AvgIpc) is 2.58. The molecule has 0 bridgehead atoms. The first-order valence-electron chi connectivity index (χ1n) is 8.55. The molecule has 6 heteroatoms. The summed E-state index contributed by atoms with van der Waals surface area (Å²) in [6.07, 6.45) is 1.78. The van der Waals surface area contributed by atoms with Crippen LogP contribution in [0.25, 0.3) is 0 Å². The standard InChI is InChI=1S/C18H25N3O3/c1-4-21-14-7-5-6-8-15(14)24-18(2,17(21)23)16(22)19-13-9-11-20(3)12-10-13/h5-8,13H,4,9-12H2,1-3H3,(H,19,22). The van der Waals surface area contributed by atoms with Crippen molar-refractivity contribution in [2.24, 2.45) is 0 Å². The number of hydrogen-bond donors (Lipinski definition) is 1. The fraction of sp³-hybridized carbons (Fsp3) is 0.556. The van der Waals surface area contributed by atoms with Gasteiger partial charge in [-0.2, -0.15) is 0 Å². The monoisotopic (exact) mass is 331 g/mol. The lowest BCUT2D eigenvalue weighted by molar-refractivity contribution is -0.149. The number of likely N-dealkylation sites (tertiary alicyclic amines) is 1. The van der Waals surface area contributed by atoms with Crippen molar-refractivity contribution in [1.82, 2.24) is 10.2 Å². The molecule has 3 rings (SSSR count). The number of nitrogens with one attached hydrogen (secondary N) is 1. The summed E-state index contributed by atoms with van der Waals surface area (Å²) in [5.74, 6) is -0.0934. The van der Waals surface area contributed by atoms with E-state index in [9.17, 15) is 9.59 Å². The predicted octanol–water partition coefficient (Wildman–Crippen LogP) is 1.40. The van der Waals surface area contributed by atoms with Crippen LogP contribution in [0.15, 0.2) is 24.3 Å². The first kappa shape index (κ1) is 16.8. The smallest absolute Gasteiger partial charge is 0.280 e. The van der Waals surface area contributed by atoms with Crippen LogP contribution in [-0.4, -0.2) is 55.0 Å². The second-order valence-corrected chi connectivity index (χ2v) is 6.70. The van der Waals surface area contributed by atoms with Crippen LogP contribution in [0.3, 0.4) is 0 Å². The predicted molar refractivity (Wildman–Crippen MR) is 92.2 cm³/mol. The Kier molecular flexibility index (Phi) is 4.49. The van der Waals surface area contributed by atoms with Gasteiger partial charge in [0.2, 0.25) is 0 Å². The van der Waals surface area contributed by atoms with Crippen LogP contribution in [0.1, 0.15) is 26.7 Å². The molecule has 0 spiro atoms. The number of hydrogen-bond acceptors (Lipinski definition) is 4. The van der Waals surface area contributed by atoms with E-state index < -0.39 is 5.60 Å². The van der Waals surface area contributed by atoms with Gasteiger partial charge in [0.05, 0.1) is 5.69 Å². The molecule has 2 amide bonds. The number of rotatable bonds is 3. The second kappa shape index (κ2) is 6.43. The lowest BCUT2D eigenvalue weighted by Crippen LogP contribution is -2.63. The van der Waals surface area contributed by atoms with Crippen LogP contribution in [0.5, 0.6) is 5.75 Å². The molecule has 2 heterocycles. The molecule has 0 aliphatic carbocycles. The average molecular weight is 331 g/mol. The molecule has 0 saturated carbocycles. The van der Waals surface area contributed by atoms with Crippen LogP contribution in [0.2, 0.25) is 0 Å². The van der Waals surface area contributed by atoms with Gasteiger partial charge in [-0.1, -0.05) is 12.1 Å². The van der Waals surface area contributed by atoms with E-state index in [0.717, 1.165) is 31.6 Å². The third-order valence-electron chi connectivity index (χ3n) is 4.93. The van der Waals surface area contributed by atoms with E-state index in [1.165, 1.54) is 0 Å². The summed E-state index contributed by atoms with van der Waals surface area (Å²) >= 11 is 0. The zero-order valence-electron chi connectivity index (χ0n) is 14.5. The van der Waals surface area contributed by atoms with Crippen LogP contribution in [0, 0.1) is 0 Å². The maximum Gasteiger partial charge on any atom is 0.280 e. The van der Waals surface area contributed by atoms with Gasteiger partial charge < -0.3 is 19.9 Å². The van der Waals surface area contributed by atoms with Gasteiger partial charge in [-0.25, -0.2) is 0 Å². The topological polar surface area (TPSA) is 61.9 Å². The van der Waals surface area contributed by atoms with E-state index >= 15 is 0 Å². The molecule has 130 valence electrons. The molecule has 1 aromatic carbocycles. The zero-order chi connectivity index (χ0) is 17.3. The van der Waals surface area contributed by atoms with Gasteiger partial charge in [0.1, 0.15) is 5.75 Å². The van der Waals surface area contributed by atoms with Crippen LogP contribution >= 0.6 is 0 Å². The number of fused-ring (bicyclic) bond motifs is 1. The minimum atomic E-state index is -1.52. The normalized spacial score (nSPS) is 25.1. The summed E-state index contributed by atoms with van der Waals surface area (Å²) in [7, 11) is 2.07. The quantitative estimate of drug-likeness (QED) is 0.851. The van der Waals surface area contributed by atoms with Crippen molar-refractivity contribution in [3.05, 3.63) is 24.3 Å². The Morgan fingerprint density at radius 3 is 2.67 bits per heavy atom. The Balaban J connectivity index is 1.81. The molecular formula is C18H25N3O3. The molecule has 2 aliphatic rings. The zero-order valence-corrected chi connectivity index (χ0v) is 14.5. The van der Waals surface area contributed by atoms with Gasteiger partial charge >= 0.3 is 0 Å². The Labute approximate surface area is 142 Å². The molecule has 1 saturated heterocycles. The third-order valence-corrected chi connectivity index (χ3v) is 4.93. The Morgan fingerprint density at radius 2 is 2.00 bits per heavy atom. The molecule has 1 atom stereocenters. The highest BCUT2D eigenvalue weighted by Gasteiger charge is 2.50. The van der Waals surface area contributed by atoms with Crippen LogP contribution in [-0.2, 0) is 9.59 Å². The van der Waals surface area contributed by atoms with Crippen molar-refractivity contribution in [3.8, 4) is 5.75 Å². The highest BCUT2D eigenvalue weighted by atomic mass is 16.5. The summed E-state index contributed by atoms with van der Waals surface area (Å²) in [4.78, 5) is 29.6. The Bertz CT molecular complexity index is 640. The van der Waals surface area contributed by atoms with E-state index in [4.69, 9.17) is 4.74 Å². The summed E-state index contributed by atoms with van der Waals surface area (Å²) in [6.45, 7) is 5.85. The second-order valence-electron chi connectivity index (χ2n) is 6.70. The van der Waals surface area contributed by atoms with Gasteiger partial charge in [-0.05, 0) is 59.0 Å². The number of anilines is 1. The van der Waals surface area contributed by atoms with Crippen molar-refractivity contribution in [3.63, 3.8) is 0 Å². The minimum absolute atomic E-state index is 0.0918. The van der Waals surface area contributed by atoms with Crippen molar-refractivity contribution < 1.29 is 14.3 Å². The van der Waals surface area contributed by atoms with Crippen LogP contribution < -0.4 is 15.0 Å². The van der Waals surface area contributed by atoms with Crippen molar-refractivity contribution in [1.29, 1.82) is 0 Å².